The Morgan fingerprint density at radius 1 is 1.09 bits per heavy atom. The minimum atomic E-state index is -1.05. The maximum atomic E-state index is 12.4. The quantitative estimate of drug-likeness (QED) is 0.638. The fraction of sp³-hybridized carbons (Fsp3) is 0.438. The Labute approximate surface area is 143 Å². The molecule has 1 rings (SSSR count). The van der Waals surface area contributed by atoms with Crippen LogP contribution in [-0.2, 0) is 9.59 Å². The lowest BCUT2D eigenvalue weighted by Gasteiger charge is -2.31. The highest BCUT2D eigenvalue weighted by atomic mass is 79.9. The van der Waals surface area contributed by atoms with E-state index in [2.05, 4.69) is 26.6 Å². The van der Waals surface area contributed by atoms with E-state index in [1.807, 2.05) is 0 Å². The van der Waals surface area contributed by atoms with Gasteiger partial charge in [0.15, 0.2) is 5.78 Å². The monoisotopic (exact) mass is 384 g/mol. The van der Waals surface area contributed by atoms with Gasteiger partial charge in [-0.15, -0.1) is 0 Å². The molecule has 0 aliphatic heterocycles. The lowest BCUT2D eigenvalue weighted by Crippen LogP contribution is -2.55. The van der Waals surface area contributed by atoms with Crippen molar-refractivity contribution < 1.29 is 19.5 Å². The molecular formula is C16H21BrN2O4. The summed E-state index contributed by atoms with van der Waals surface area (Å²) in [7, 11) is 0. The molecule has 0 fully saturated rings. The van der Waals surface area contributed by atoms with Crippen LogP contribution in [0.3, 0.4) is 0 Å². The predicted molar refractivity (Wildman–Crippen MR) is 91.5 cm³/mol. The van der Waals surface area contributed by atoms with Crippen molar-refractivity contribution in [3.8, 4) is 0 Å². The Morgan fingerprint density at radius 3 is 2.13 bits per heavy atom. The van der Waals surface area contributed by atoms with Crippen LogP contribution in [0.25, 0.3) is 0 Å². The lowest BCUT2D eigenvalue weighted by atomic mass is 9.85. The van der Waals surface area contributed by atoms with Crippen LogP contribution in [0.4, 0.5) is 10.5 Å². The molecule has 0 heterocycles. The Hall–Kier alpha value is -1.89. The number of hydrogen-bond acceptors (Lipinski definition) is 3. The largest absolute Gasteiger partial charge is 0.481 e. The smallest absolute Gasteiger partial charge is 0.320 e. The van der Waals surface area contributed by atoms with E-state index in [-0.39, 0.29) is 18.6 Å². The number of carboxylic acids is 1. The number of halogens is 1. The summed E-state index contributed by atoms with van der Waals surface area (Å²) >= 11 is 3.31. The molecule has 6 nitrogen and oxygen atoms in total. The summed E-state index contributed by atoms with van der Waals surface area (Å²) in [6.45, 7) is 3.59. The number of carbonyl (C=O) groups is 3. The second-order valence-electron chi connectivity index (χ2n) is 5.19. The molecule has 7 heteroatoms. The average molecular weight is 385 g/mol. The summed E-state index contributed by atoms with van der Waals surface area (Å²) in [6.07, 6.45) is 0.456. The van der Waals surface area contributed by atoms with Gasteiger partial charge in [-0.3, -0.25) is 9.59 Å². The Balaban J connectivity index is 2.76. The van der Waals surface area contributed by atoms with Crippen molar-refractivity contribution in [3.05, 3.63) is 28.7 Å². The first-order valence-electron chi connectivity index (χ1n) is 7.42. The number of hydrogen-bond donors (Lipinski definition) is 3. The highest BCUT2D eigenvalue weighted by Crippen LogP contribution is 2.20. The third kappa shape index (κ3) is 5.67. The minimum Gasteiger partial charge on any atom is -0.481 e. The molecule has 0 aliphatic carbocycles. The molecule has 2 amide bonds. The van der Waals surface area contributed by atoms with Crippen LogP contribution >= 0.6 is 15.9 Å². The average Bonchev–Trinajstić information content (AvgIpc) is 2.52. The van der Waals surface area contributed by atoms with E-state index in [4.69, 9.17) is 5.11 Å². The van der Waals surface area contributed by atoms with Crippen molar-refractivity contribution in [1.29, 1.82) is 0 Å². The predicted octanol–water partition coefficient (Wildman–Crippen LogP) is 3.56. The number of carbonyl (C=O) groups excluding carboxylic acids is 2. The Morgan fingerprint density at radius 2 is 1.65 bits per heavy atom. The van der Waals surface area contributed by atoms with Crippen LogP contribution in [0.5, 0.6) is 0 Å². The number of Topliss-reactive ketones (excluding diaryl/α,β-unsaturated/α-hetero) is 1. The summed E-state index contributed by atoms with van der Waals surface area (Å²) in [6, 6.07) is 6.56. The number of anilines is 1. The lowest BCUT2D eigenvalue weighted by molar-refractivity contribution is -0.139. The molecule has 0 aliphatic rings. The molecule has 0 spiro atoms. The van der Waals surface area contributed by atoms with Gasteiger partial charge in [0, 0.05) is 16.6 Å². The molecule has 3 N–H and O–H groups in total. The van der Waals surface area contributed by atoms with Gasteiger partial charge in [0.1, 0.15) is 0 Å². The van der Waals surface area contributed by atoms with Gasteiger partial charge in [0.2, 0.25) is 0 Å². The molecule has 0 saturated carbocycles. The van der Waals surface area contributed by atoms with Gasteiger partial charge in [-0.25, -0.2) is 4.79 Å². The molecule has 126 valence electrons. The van der Waals surface area contributed by atoms with Crippen LogP contribution in [0, 0.1) is 0 Å². The van der Waals surface area contributed by atoms with Crippen LogP contribution in [0.15, 0.2) is 28.7 Å². The zero-order chi connectivity index (χ0) is 17.5. The first-order valence-corrected chi connectivity index (χ1v) is 8.22. The van der Waals surface area contributed by atoms with E-state index < -0.39 is 17.5 Å². The van der Waals surface area contributed by atoms with Crippen molar-refractivity contribution >= 4 is 39.4 Å². The van der Waals surface area contributed by atoms with Crippen LogP contribution in [0.1, 0.15) is 39.5 Å². The normalized spacial score (nSPS) is 10.9. The van der Waals surface area contributed by atoms with Crippen molar-refractivity contribution in [1.82, 2.24) is 5.32 Å². The zero-order valence-corrected chi connectivity index (χ0v) is 14.8. The van der Waals surface area contributed by atoms with E-state index in [1.165, 1.54) is 0 Å². The van der Waals surface area contributed by atoms with Crippen molar-refractivity contribution in [2.75, 3.05) is 5.32 Å². The van der Waals surface area contributed by atoms with Crippen LogP contribution < -0.4 is 10.6 Å². The van der Waals surface area contributed by atoms with E-state index in [0.717, 1.165) is 4.47 Å². The molecule has 0 atom stereocenters. The Kier molecular flexibility index (Phi) is 7.22. The number of amides is 2. The Bertz CT molecular complexity index is 568. The molecule has 0 saturated heterocycles. The molecule has 0 radical (unpaired) electrons. The fourth-order valence-corrected chi connectivity index (χ4v) is 2.53. The molecule has 23 heavy (non-hydrogen) atoms. The van der Waals surface area contributed by atoms with Gasteiger partial charge in [-0.05, 0) is 37.1 Å². The molecule has 1 aromatic carbocycles. The van der Waals surface area contributed by atoms with Crippen LogP contribution in [0.2, 0.25) is 0 Å². The standard InChI is InChI=1S/C16H21BrN2O4/c1-3-16(4-2,13(20)9-10-14(21)22)19-15(23)18-12-7-5-11(17)6-8-12/h5-8H,3-4,9-10H2,1-2H3,(H,21,22)(H2,18,19,23). The molecule has 0 bridgehead atoms. The fourth-order valence-electron chi connectivity index (χ4n) is 2.26. The van der Waals surface area contributed by atoms with Gasteiger partial charge in [-0.2, -0.15) is 0 Å². The molecule has 0 unspecified atom stereocenters. The number of aliphatic carboxylic acids is 1. The molecule has 1 aromatic rings. The topological polar surface area (TPSA) is 95.5 Å². The van der Waals surface area contributed by atoms with E-state index in [1.54, 1.807) is 38.1 Å². The van der Waals surface area contributed by atoms with E-state index >= 15 is 0 Å². The second kappa shape index (κ2) is 8.67. The number of ketones is 1. The van der Waals surface area contributed by atoms with Gasteiger partial charge < -0.3 is 15.7 Å². The van der Waals surface area contributed by atoms with Crippen molar-refractivity contribution in [2.24, 2.45) is 0 Å². The van der Waals surface area contributed by atoms with Crippen LogP contribution in [-0.4, -0.2) is 28.4 Å². The molecular weight excluding hydrogens is 364 g/mol. The van der Waals surface area contributed by atoms with E-state index in [9.17, 15) is 14.4 Å². The van der Waals surface area contributed by atoms with Crippen molar-refractivity contribution in [2.45, 2.75) is 45.1 Å². The summed E-state index contributed by atoms with van der Waals surface area (Å²) in [4.78, 5) is 35.2. The summed E-state index contributed by atoms with van der Waals surface area (Å²) in [5, 5.41) is 14.1. The van der Waals surface area contributed by atoms with Gasteiger partial charge in [0.05, 0.1) is 12.0 Å². The molecule has 0 aromatic heterocycles. The summed E-state index contributed by atoms with van der Waals surface area (Å²) in [5.41, 5.74) is -0.445. The SMILES string of the molecule is CCC(CC)(NC(=O)Nc1ccc(Br)cc1)C(=O)CCC(=O)O. The summed E-state index contributed by atoms with van der Waals surface area (Å²) in [5.74, 6) is -1.30. The maximum Gasteiger partial charge on any atom is 0.320 e. The van der Waals surface area contributed by atoms with Gasteiger partial charge >= 0.3 is 12.0 Å². The highest BCUT2D eigenvalue weighted by Gasteiger charge is 2.35. The zero-order valence-electron chi connectivity index (χ0n) is 13.2. The number of benzene rings is 1. The third-order valence-electron chi connectivity index (χ3n) is 3.76. The number of carboxylic acid groups (broad SMARTS) is 1. The van der Waals surface area contributed by atoms with Crippen molar-refractivity contribution in [3.63, 3.8) is 0 Å². The van der Waals surface area contributed by atoms with E-state index in [0.29, 0.717) is 18.5 Å². The second-order valence-corrected chi connectivity index (χ2v) is 6.11. The first kappa shape index (κ1) is 19.2. The minimum absolute atomic E-state index is 0.102. The third-order valence-corrected chi connectivity index (χ3v) is 4.29. The number of rotatable bonds is 8. The van der Waals surface area contributed by atoms with Gasteiger partial charge in [-0.1, -0.05) is 29.8 Å². The first-order chi connectivity index (χ1) is 10.8. The van der Waals surface area contributed by atoms with Gasteiger partial charge in [0.25, 0.3) is 0 Å². The maximum absolute atomic E-state index is 12.4. The number of nitrogens with one attached hydrogen (secondary N) is 2. The highest BCUT2D eigenvalue weighted by molar-refractivity contribution is 9.10. The number of urea groups is 1. The summed E-state index contributed by atoms with van der Waals surface area (Å²) < 4.78 is 0.892.